The number of aryl methyl sites for hydroxylation is 3. The fraction of sp³-hybridized carbons (Fsp3) is 0.214. The maximum Gasteiger partial charge on any atom is 0.124 e. The molecule has 0 aliphatic heterocycles. The zero-order valence-electron chi connectivity index (χ0n) is 9.91. The topological polar surface area (TPSA) is 38.9 Å². The van der Waals surface area contributed by atoms with Gasteiger partial charge in [0.15, 0.2) is 0 Å². The molecule has 0 spiro atoms. The number of anilines is 1. The minimum absolute atomic E-state index is 0.579. The van der Waals surface area contributed by atoms with Crippen molar-refractivity contribution in [3.63, 3.8) is 0 Å². The molecule has 0 aliphatic rings. The van der Waals surface area contributed by atoms with E-state index in [1.54, 1.807) is 0 Å². The molecule has 0 saturated heterocycles. The molecular formula is C14H16N2. The number of hydrogen-bond acceptors (Lipinski definition) is 2. The highest BCUT2D eigenvalue weighted by atomic mass is 14.8. The highest BCUT2D eigenvalue weighted by molar-refractivity contribution is 5.66. The summed E-state index contributed by atoms with van der Waals surface area (Å²) < 4.78 is 0. The van der Waals surface area contributed by atoms with E-state index in [2.05, 4.69) is 43.1 Å². The molecule has 0 radical (unpaired) electrons. The maximum atomic E-state index is 5.77. The van der Waals surface area contributed by atoms with Crippen molar-refractivity contribution < 1.29 is 0 Å². The Morgan fingerprint density at radius 3 is 2.31 bits per heavy atom. The van der Waals surface area contributed by atoms with Crippen LogP contribution in [0.15, 0.2) is 30.3 Å². The molecule has 0 fully saturated rings. The summed E-state index contributed by atoms with van der Waals surface area (Å²) in [6.07, 6.45) is 0. The lowest BCUT2D eigenvalue weighted by Crippen LogP contribution is -1.95. The van der Waals surface area contributed by atoms with Crippen LogP contribution in [0.25, 0.3) is 11.3 Å². The van der Waals surface area contributed by atoms with E-state index in [1.165, 1.54) is 11.1 Å². The SMILES string of the molecule is Cc1cc(N)nc(-c2ccc(C)cc2C)c1. The molecule has 0 atom stereocenters. The van der Waals surface area contributed by atoms with Crippen molar-refractivity contribution in [3.8, 4) is 11.3 Å². The van der Waals surface area contributed by atoms with Gasteiger partial charge in [-0.1, -0.05) is 23.8 Å². The second-order valence-electron chi connectivity index (χ2n) is 4.27. The van der Waals surface area contributed by atoms with Crippen LogP contribution in [0.4, 0.5) is 5.82 Å². The Labute approximate surface area is 96.1 Å². The normalized spacial score (nSPS) is 10.4. The number of benzene rings is 1. The van der Waals surface area contributed by atoms with Crippen molar-refractivity contribution in [1.82, 2.24) is 4.98 Å². The molecule has 16 heavy (non-hydrogen) atoms. The first-order valence-corrected chi connectivity index (χ1v) is 5.38. The standard InChI is InChI=1S/C14H16N2/c1-9-4-5-12(11(3)6-9)13-7-10(2)8-14(15)16-13/h4-8H,1-3H3,(H2,15,16). The Hall–Kier alpha value is -1.83. The van der Waals surface area contributed by atoms with Crippen LogP contribution in [-0.4, -0.2) is 4.98 Å². The Bertz CT molecular complexity index is 510. The minimum atomic E-state index is 0.579. The van der Waals surface area contributed by atoms with Crippen LogP contribution in [0.5, 0.6) is 0 Å². The summed E-state index contributed by atoms with van der Waals surface area (Å²) in [5.41, 5.74) is 11.5. The van der Waals surface area contributed by atoms with Gasteiger partial charge >= 0.3 is 0 Å². The molecule has 0 aliphatic carbocycles. The minimum Gasteiger partial charge on any atom is -0.384 e. The van der Waals surface area contributed by atoms with Gasteiger partial charge in [0.1, 0.15) is 5.82 Å². The monoisotopic (exact) mass is 212 g/mol. The molecule has 0 bridgehead atoms. The molecule has 0 amide bonds. The van der Waals surface area contributed by atoms with Gasteiger partial charge in [0.25, 0.3) is 0 Å². The largest absolute Gasteiger partial charge is 0.384 e. The number of aromatic nitrogens is 1. The molecular weight excluding hydrogens is 196 g/mol. The van der Waals surface area contributed by atoms with Crippen molar-refractivity contribution in [1.29, 1.82) is 0 Å². The first kappa shape index (κ1) is 10.7. The first-order chi connectivity index (χ1) is 7.56. The van der Waals surface area contributed by atoms with E-state index in [-0.39, 0.29) is 0 Å². The van der Waals surface area contributed by atoms with Crippen LogP contribution < -0.4 is 5.73 Å². The number of nitrogens with two attached hydrogens (primary N) is 1. The molecule has 1 aromatic carbocycles. The second kappa shape index (κ2) is 3.97. The quantitative estimate of drug-likeness (QED) is 0.788. The van der Waals surface area contributed by atoms with E-state index in [9.17, 15) is 0 Å². The molecule has 0 saturated carbocycles. The lowest BCUT2D eigenvalue weighted by Gasteiger charge is -2.08. The van der Waals surface area contributed by atoms with Crippen molar-refractivity contribution >= 4 is 5.82 Å². The second-order valence-corrected chi connectivity index (χ2v) is 4.27. The summed E-state index contributed by atoms with van der Waals surface area (Å²) in [4.78, 5) is 4.37. The summed E-state index contributed by atoms with van der Waals surface area (Å²) in [7, 11) is 0. The van der Waals surface area contributed by atoms with Gasteiger partial charge in [-0.05, 0) is 44.0 Å². The third-order valence-electron chi connectivity index (χ3n) is 2.65. The zero-order valence-corrected chi connectivity index (χ0v) is 9.91. The highest BCUT2D eigenvalue weighted by Crippen LogP contribution is 2.24. The Balaban J connectivity index is 2.58. The van der Waals surface area contributed by atoms with E-state index >= 15 is 0 Å². The van der Waals surface area contributed by atoms with Crippen LogP contribution in [0.1, 0.15) is 16.7 Å². The van der Waals surface area contributed by atoms with Crippen LogP contribution in [-0.2, 0) is 0 Å². The van der Waals surface area contributed by atoms with E-state index in [0.717, 1.165) is 16.8 Å². The van der Waals surface area contributed by atoms with Crippen molar-refractivity contribution in [3.05, 3.63) is 47.0 Å². The summed E-state index contributed by atoms with van der Waals surface area (Å²) in [6.45, 7) is 6.22. The molecule has 1 heterocycles. The van der Waals surface area contributed by atoms with E-state index < -0.39 is 0 Å². The highest BCUT2D eigenvalue weighted by Gasteiger charge is 2.04. The summed E-state index contributed by atoms with van der Waals surface area (Å²) in [5.74, 6) is 0.579. The van der Waals surface area contributed by atoms with Crippen molar-refractivity contribution in [2.75, 3.05) is 5.73 Å². The molecule has 2 N–H and O–H groups in total. The Kier molecular flexibility index (Phi) is 2.65. The first-order valence-electron chi connectivity index (χ1n) is 5.38. The molecule has 2 rings (SSSR count). The molecule has 0 unspecified atom stereocenters. The predicted octanol–water partition coefficient (Wildman–Crippen LogP) is 3.26. The average molecular weight is 212 g/mol. The Morgan fingerprint density at radius 1 is 0.938 bits per heavy atom. The van der Waals surface area contributed by atoms with Gasteiger partial charge in [0.05, 0.1) is 5.69 Å². The van der Waals surface area contributed by atoms with Crippen LogP contribution in [0.3, 0.4) is 0 Å². The van der Waals surface area contributed by atoms with Crippen molar-refractivity contribution in [2.24, 2.45) is 0 Å². The fourth-order valence-electron chi connectivity index (χ4n) is 1.93. The van der Waals surface area contributed by atoms with Gasteiger partial charge in [-0.2, -0.15) is 0 Å². The molecule has 2 aromatic rings. The summed E-state index contributed by atoms with van der Waals surface area (Å²) in [6, 6.07) is 10.3. The number of hydrogen-bond donors (Lipinski definition) is 1. The number of rotatable bonds is 1. The van der Waals surface area contributed by atoms with Gasteiger partial charge in [0.2, 0.25) is 0 Å². The lowest BCUT2D eigenvalue weighted by molar-refractivity contribution is 1.27. The van der Waals surface area contributed by atoms with Gasteiger partial charge in [-0.15, -0.1) is 0 Å². The van der Waals surface area contributed by atoms with Crippen molar-refractivity contribution in [2.45, 2.75) is 20.8 Å². The average Bonchev–Trinajstić information content (AvgIpc) is 2.15. The maximum absolute atomic E-state index is 5.77. The third kappa shape index (κ3) is 2.06. The number of nitrogens with zero attached hydrogens (tertiary/aromatic N) is 1. The summed E-state index contributed by atoms with van der Waals surface area (Å²) in [5, 5.41) is 0. The lowest BCUT2D eigenvalue weighted by atomic mass is 10.0. The van der Waals surface area contributed by atoms with E-state index in [1.807, 2.05) is 13.0 Å². The summed E-state index contributed by atoms with van der Waals surface area (Å²) >= 11 is 0. The number of nitrogen functional groups attached to an aromatic ring is 1. The van der Waals surface area contributed by atoms with Gasteiger partial charge in [-0.3, -0.25) is 0 Å². The van der Waals surface area contributed by atoms with E-state index in [4.69, 9.17) is 5.73 Å². The molecule has 2 nitrogen and oxygen atoms in total. The third-order valence-corrected chi connectivity index (χ3v) is 2.65. The van der Waals surface area contributed by atoms with Crippen LogP contribution in [0, 0.1) is 20.8 Å². The van der Waals surface area contributed by atoms with Gasteiger partial charge in [-0.25, -0.2) is 4.98 Å². The van der Waals surface area contributed by atoms with Crippen LogP contribution >= 0.6 is 0 Å². The Morgan fingerprint density at radius 2 is 1.69 bits per heavy atom. The fourth-order valence-corrected chi connectivity index (χ4v) is 1.93. The number of pyridine rings is 1. The molecule has 82 valence electrons. The zero-order chi connectivity index (χ0) is 11.7. The van der Waals surface area contributed by atoms with Gasteiger partial charge < -0.3 is 5.73 Å². The smallest absolute Gasteiger partial charge is 0.124 e. The molecule has 2 heteroatoms. The van der Waals surface area contributed by atoms with E-state index in [0.29, 0.717) is 5.82 Å². The predicted molar refractivity (Wildman–Crippen MR) is 68.3 cm³/mol. The molecule has 1 aromatic heterocycles. The van der Waals surface area contributed by atoms with Crippen LogP contribution in [0.2, 0.25) is 0 Å². The van der Waals surface area contributed by atoms with Gasteiger partial charge in [0, 0.05) is 5.56 Å².